The lowest BCUT2D eigenvalue weighted by Gasteiger charge is -2.11. The minimum atomic E-state index is 0.235. The lowest BCUT2D eigenvalue weighted by Crippen LogP contribution is -2.12. The summed E-state index contributed by atoms with van der Waals surface area (Å²) in [5.41, 5.74) is 1.16. The number of hydrogen-bond donors (Lipinski definition) is 0. The van der Waals surface area contributed by atoms with Crippen molar-refractivity contribution in [3.63, 3.8) is 0 Å². The summed E-state index contributed by atoms with van der Waals surface area (Å²) in [5, 5.41) is 0. The Labute approximate surface area is 96.0 Å². The number of benzene rings is 1. The van der Waals surface area contributed by atoms with E-state index < -0.39 is 0 Å². The second-order valence-corrected chi connectivity index (χ2v) is 3.76. The summed E-state index contributed by atoms with van der Waals surface area (Å²) in [4.78, 5) is 4.27. The first-order valence-corrected chi connectivity index (χ1v) is 5.44. The number of hydrogen-bond acceptors (Lipinski definition) is 2. The van der Waals surface area contributed by atoms with Crippen molar-refractivity contribution >= 4 is 5.90 Å². The van der Waals surface area contributed by atoms with Crippen molar-refractivity contribution in [2.45, 2.75) is 13.5 Å². The van der Waals surface area contributed by atoms with Crippen LogP contribution in [0, 0.1) is 5.92 Å². The van der Waals surface area contributed by atoms with Crippen molar-refractivity contribution in [1.82, 2.24) is 0 Å². The standard InChI is InChI=1S/C14H15NO/c1-12-7-5-6-10-15-14(12)16-11-13-8-3-2-4-9-13/h2-10,12H,11H2,1H3/t12-/m1/s1. The molecule has 0 aliphatic carbocycles. The van der Waals surface area contributed by atoms with Crippen molar-refractivity contribution < 1.29 is 4.74 Å². The van der Waals surface area contributed by atoms with Gasteiger partial charge < -0.3 is 4.74 Å². The van der Waals surface area contributed by atoms with E-state index in [9.17, 15) is 0 Å². The third-order valence-electron chi connectivity index (χ3n) is 2.42. The zero-order valence-corrected chi connectivity index (χ0v) is 9.34. The number of rotatable bonds is 2. The van der Waals surface area contributed by atoms with Crippen LogP contribution < -0.4 is 0 Å². The largest absolute Gasteiger partial charge is 0.475 e. The quantitative estimate of drug-likeness (QED) is 0.738. The number of allylic oxidation sites excluding steroid dienone is 2. The molecular formula is C14H15NO. The highest BCUT2D eigenvalue weighted by atomic mass is 16.5. The van der Waals surface area contributed by atoms with Crippen LogP contribution >= 0.6 is 0 Å². The molecule has 2 nitrogen and oxygen atoms in total. The molecule has 82 valence electrons. The van der Waals surface area contributed by atoms with Crippen LogP contribution in [0.25, 0.3) is 0 Å². The Kier molecular flexibility index (Phi) is 3.54. The van der Waals surface area contributed by atoms with E-state index in [4.69, 9.17) is 4.74 Å². The van der Waals surface area contributed by atoms with Gasteiger partial charge in [0.25, 0.3) is 0 Å². The van der Waals surface area contributed by atoms with Gasteiger partial charge in [0.2, 0.25) is 0 Å². The molecule has 2 heteroatoms. The Balaban J connectivity index is 1.98. The van der Waals surface area contributed by atoms with Gasteiger partial charge in [0.1, 0.15) is 6.61 Å². The summed E-state index contributed by atoms with van der Waals surface area (Å²) in [6.07, 6.45) is 7.75. The molecule has 1 aliphatic rings. The second kappa shape index (κ2) is 5.31. The molecule has 0 spiro atoms. The zero-order valence-electron chi connectivity index (χ0n) is 9.34. The zero-order chi connectivity index (χ0) is 11.2. The Morgan fingerprint density at radius 3 is 2.81 bits per heavy atom. The smallest absolute Gasteiger partial charge is 0.194 e. The molecule has 0 unspecified atom stereocenters. The van der Waals surface area contributed by atoms with Gasteiger partial charge in [0.15, 0.2) is 5.90 Å². The monoisotopic (exact) mass is 213 g/mol. The summed E-state index contributed by atoms with van der Waals surface area (Å²) < 4.78 is 5.71. The van der Waals surface area contributed by atoms with Gasteiger partial charge in [-0.25, -0.2) is 4.99 Å². The van der Waals surface area contributed by atoms with Crippen molar-refractivity contribution in [2.24, 2.45) is 10.9 Å². The van der Waals surface area contributed by atoms with E-state index in [0.29, 0.717) is 6.61 Å². The molecule has 0 radical (unpaired) electrons. The summed E-state index contributed by atoms with van der Waals surface area (Å²) >= 11 is 0. The Bertz CT molecular complexity index is 418. The van der Waals surface area contributed by atoms with Gasteiger partial charge in [-0.2, -0.15) is 0 Å². The van der Waals surface area contributed by atoms with Crippen LogP contribution in [0.2, 0.25) is 0 Å². The van der Waals surface area contributed by atoms with E-state index in [0.717, 1.165) is 11.5 Å². The third-order valence-corrected chi connectivity index (χ3v) is 2.42. The fourth-order valence-electron chi connectivity index (χ4n) is 1.50. The van der Waals surface area contributed by atoms with E-state index in [2.05, 4.69) is 18.0 Å². The highest BCUT2D eigenvalue weighted by Gasteiger charge is 2.09. The molecular weight excluding hydrogens is 198 g/mol. The molecule has 1 aromatic rings. The normalized spacial score (nSPS) is 19.1. The maximum absolute atomic E-state index is 5.71. The number of nitrogens with zero attached hydrogens (tertiary/aromatic N) is 1. The molecule has 1 heterocycles. The molecule has 0 bridgehead atoms. The van der Waals surface area contributed by atoms with Gasteiger partial charge in [0.05, 0.1) is 5.92 Å². The summed E-state index contributed by atoms with van der Waals surface area (Å²) in [6.45, 7) is 2.65. The summed E-state index contributed by atoms with van der Waals surface area (Å²) in [5.74, 6) is 1.01. The fraction of sp³-hybridized carbons (Fsp3) is 0.214. The molecule has 2 rings (SSSR count). The van der Waals surface area contributed by atoms with Crippen LogP contribution in [-0.4, -0.2) is 5.90 Å². The average Bonchev–Trinajstić information content (AvgIpc) is 2.53. The fourth-order valence-corrected chi connectivity index (χ4v) is 1.50. The van der Waals surface area contributed by atoms with E-state index in [1.54, 1.807) is 6.20 Å². The third kappa shape index (κ3) is 2.83. The first-order valence-electron chi connectivity index (χ1n) is 5.44. The molecule has 1 aromatic carbocycles. The van der Waals surface area contributed by atoms with Gasteiger partial charge in [0, 0.05) is 6.20 Å². The van der Waals surface area contributed by atoms with Crippen molar-refractivity contribution in [3.8, 4) is 0 Å². The lowest BCUT2D eigenvalue weighted by atomic mass is 10.1. The molecule has 0 fully saturated rings. The second-order valence-electron chi connectivity index (χ2n) is 3.76. The minimum absolute atomic E-state index is 0.235. The van der Waals surface area contributed by atoms with Gasteiger partial charge >= 0.3 is 0 Å². The molecule has 0 saturated carbocycles. The number of aliphatic imine (C=N–C) groups is 1. The van der Waals surface area contributed by atoms with E-state index in [1.165, 1.54) is 0 Å². The first kappa shape index (κ1) is 10.7. The van der Waals surface area contributed by atoms with Gasteiger partial charge in [-0.1, -0.05) is 49.4 Å². The van der Waals surface area contributed by atoms with Crippen molar-refractivity contribution in [2.75, 3.05) is 0 Å². The van der Waals surface area contributed by atoms with Crippen LogP contribution in [0.1, 0.15) is 12.5 Å². The van der Waals surface area contributed by atoms with Crippen molar-refractivity contribution in [1.29, 1.82) is 0 Å². The SMILES string of the molecule is C[C@@H]1C=CC=CN=C1OCc1ccccc1. The molecule has 0 saturated heterocycles. The maximum Gasteiger partial charge on any atom is 0.194 e. The minimum Gasteiger partial charge on any atom is -0.475 e. The number of ether oxygens (including phenoxy) is 1. The predicted octanol–water partition coefficient (Wildman–Crippen LogP) is 3.32. The summed E-state index contributed by atoms with van der Waals surface area (Å²) in [6, 6.07) is 10.1. The first-order chi connectivity index (χ1) is 7.86. The molecule has 1 aliphatic heterocycles. The Morgan fingerprint density at radius 2 is 2.00 bits per heavy atom. The Morgan fingerprint density at radius 1 is 1.19 bits per heavy atom. The summed E-state index contributed by atoms with van der Waals surface area (Å²) in [7, 11) is 0. The van der Waals surface area contributed by atoms with Crippen molar-refractivity contribution in [3.05, 3.63) is 60.3 Å². The van der Waals surface area contributed by atoms with Gasteiger partial charge in [-0.05, 0) is 11.6 Å². The van der Waals surface area contributed by atoms with Crippen LogP contribution in [0.3, 0.4) is 0 Å². The van der Waals surface area contributed by atoms with Gasteiger partial charge in [-0.3, -0.25) is 0 Å². The van der Waals surface area contributed by atoms with Crippen LogP contribution in [0.4, 0.5) is 0 Å². The van der Waals surface area contributed by atoms with Crippen LogP contribution in [0.5, 0.6) is 0 Å². The average molecular weight is 213 g/mol. The maximum atomic E-state index is 5.71. The predicted molar refractivity (Wildman–Crippen MR) is 66.1 cm³/mol. The Hall–Kier alpha value is -1.83. The molecule has 0 amide bonds. The molecule has 0 N–H and O–H groups in total. The van der Waals surface area contributed by atoms with E-state index in [-0.39, 0.29) is 5.92 Å². The van der Waals surface area contributed by atoms with E-state index >= 15 is 0 Å². The molecule has 1 atom stereocenters. The molecule has 16 heavy (non-hydrogen) atoms. The topological polar surface area (TPSA) is 21.6 Å². The molecule has 0 aromatic heterocycles. The van der Waals surface area contributed by atoms with Gasteiger partial charge in [-0.15, -0.1) is 0 Å². The lowest BCUT2D eigenvalue weighted by molar-refractivity contribution is 0.277. The van der Waals surface area contributed by atoms with E-state index in [1.807, 2.05) is 42.5 Å². The van der Waals surface area contributed by atoms with Crippen LogP contribution in [0.15, 0.2) is 59.8 Å². The highest BCUT2D eigenvalue weighted by Crippen LogP contribution is 2.10. The van der Waals surface area contributed by atoms with Crippen LogP contribution in [-0.2, 0) is 11.3 Å². The highest BCUT2D eigenvalue weighted by molar-refractivity contribution is 5.81.